The van der Waals surface area contributed by atoms with Crippen LogP contribution in [0, 0.1) is 26.7 Å². The van der Waals surface area contributed by atoms with Gasteiger partial charge in [0.2, 0.25) is 15.7 Å². The van der Waals surface area contributed by atoms with Crippen LogP contribution in [0.15, 0.2) is 96.2 Å². The van der Waals surface area contributed by atoms with Gasteiger partial charge in [-0.05, 0) is 93.5 Å². The summed E-state index contributed by atoms with van der Waals surface area (Å²) in [6, 6.07) is 23.3. The van der Waals surface area contributed by atoms with Crippen LogP contribution in [0.5, 0.6) is 0 Å². The Hall–Kier alpha value is -5.07. The van der Waals surface area contributed by atoms with Crippen molar-refractivity contribution in [3.63, 3.8) is 0 Å². The molecule has 0 aliphatic rings. The lowest BCUT2D eigenvalue weighted by atomic mass is 9.83. The van der Waals surface area contributed by atoms with Crippen LogP contribution in [0.1, 0.15) is 51.9 Å². The van der Waals surface area contributed by atoms with Gasteiger partial charge >= 0.3 is 5.97 Å². The lowest BCUT2D eigenvalue weighted by Gasteiger charge is -2.39. The molecule has 5 N–H and O–H groups in total. The molecule has 5 aromatic rings. The molecule has 1 amide bonds. The van der Waals surface area contributed by atoms with Gasteiger partial charge in [0.1, 0.15) is 5.82 Å². The lowest BCUT2D eigenvalue weighted by molar-refractivity contribution is -0.148. The molecule has 3 aromatic carbocycles. The van der Waals surface area contributed by atoms with E-state index in [1.165, 1.54) is 0 Å². The van der Waals surface area contributed by atoms with Crippen LogP contribution in [0.3, 0.4) is 0 Å². The maximum atomic E-state index is 14.3. The van der Waals surface area contributed by atoms with Gasteiger partial charge in [0.25, 0.3) is 5.91 Å². The fourth-order valence-corrected chi connectivity index (χ4v) is 8.06. The van der Waals surface area contributed by atoms with Crippen molar-refractivity contribution in [1.29, 1.82) is 0 Å². The van der Waals surface area contributed by atoms with Crippen molar-refractivity contribution >= 4 is 38.6 Å². The molecule has 0 spiro atoms. The number of aromatic nitrogens is 3. The Balaban J connectivity index is 1.56. The number of benzene rings is 3. The summed E-state index contributed by atoms with van der Waals surface area (Å²) in [6.07, 6.45) is 4.66. The molecule has 0 aliphatic heterocycles. The summed E-state index contributed by atoms with van der Waals surface area (Å²) in [5.41, 5.74) is 1.21. The Labute approximate surface area is 280 Å². The number of carbonyl (C=O) groups is 2. The Bertz CT molecular complexity index is 1980. The number of sulfonamides is 1. The highest BCUT2D eigenvalue weighted by atomic mass is 32.2. The van der Waals surface area contributed by atoms with Crippen molar-refractivity contribution in [1.82, 2.24) is 25.2 Å². The SMILES string of the molecule is Cc1cc(C)c(S(=O)(=O)N[C@](NC(=O)c2ccc3[nH]ncc3c2)(C(=O)O)C(CCCNc2ccccn2)CCc2ccccc2)c(C)c1. The van der Waals surface area contributed by atoms with Crippen molar-refractivity contribution < 1.29 is 23.1 Å². The van der Waals surface area contributed by atoms with Gasteiger partial charge in [-0.25, -0.2) is 18.2 Å². The zero-order chi connectivity index (χ0) is 34.3. The number of anilines is 1. The number of hydrogen-bond acceptors (Lipinski definition) is 7. The van der Waals surface area contributed by atoms with E-state index < -0.39 is 33.5 Å². The quantitative estimate of drug-likeness (QED) is 0.0719. The maximum absolute atomic E-state index is 14.3. The molecule has 0 fully saturated rings. The average Bonchev–Trinajstić information content (AvgIpc) is 3.52. The fourth-order valence-electron chi connectivity index (χ4n) is 6.27. The van der Waals surface area contributed by atoms with E-state index in [0.717, 1.165) is 11.1 Å². The third-order valence-electron chi connectivity index (χ3n) is 8.46. The van der Waals surface area contributed by atoms with Crippen LogP contribution in [-0.2, 0) is 21.2 Å². The fraction of sp³-hybridized carbons (Fsp3) is 0.278. The second-order valence-electron chi connectivity index (χ2n) is 12.1. The van der Waals surface area contributed by atoms with Crippen LogP contribution >= 0.6 is 0 Å². The summed E-state index contributed by atoms with van der Waals surface area (Å²) in [5.74, 6) is -2.46. The number of nitrogens with zero attached hydrogens (tertiary/aromatic N) is 2. The first-order valence-corrected chi connectivity index (χ1v) is 17.3. The third kappa shape index (κ3) is 7.89. The number of fused-ring (bicyclic) bond motifs is 1. The number of aryl methyl sites for hydroxylation is 4. The summed E-state index contributed by atoms with van der Waals surface area (Å²) in [4.78, 5) is 31.8. The van der Waals surface area contributed by atoms with Crippen molar-refractivity contribution in [2.24, 2.45) is 5.92 Å². The first-order valence-electron chi connectivity index (χ1n) is 15.8. The van der Waals surface area contributed by atoms with Crippen LogP contribution in [-0.4, -0.2) is 52.8 Å². The minimum absolute atomic E-state index is 0.0218. The van der Waals surface area contributed by atoms with Gasteiger partial charge in [-0.2, -0.15) is 9.82 Å². The van der Waals surface area contributed by atoms with E-state index in [4.69, 9.17) is 0 Å². The maximum Gasteiger partial charge on any atom is 0.346 e. The highest BCUT2D eigenvalue weighted by Crippen LogP contribution is 2.31. The predicted molar refractivity (Wildman–Crippen MR) is 185 cm³/mol. The number of amides is 1. The zero-order valence-corrected chi connectivity index (χ0v) is 28.0. The second-order valence-corrected chi connectivity index (χ2v) is 13.7. The van der Waals surface area contributed by atoms with Crippen molar-refractivity contribution in [3.8, 4) is 0 Å². The molecule has 0 saturated carbocycles. The molecule has 0 bridgehead atoms. The minimum atomic E-state index is -4.48. The predicted octanol–water partition coefficient (Wildman–Crippen LogP) is 5.51. The number of carbonyl (C=O) groups excluding carboxylic acids is 1. The zero-order valence-electron chi connectivity index (χ0n) is 27.2. The van der Waals surface area contributed by atoms with Crippen molar-refractivity contribution in [3.05, 3.63) is 119 Å². The van der Waals surface area contributed by atoms with Gasteiger partial charge in [0.15, 0.2) is 0 Å². The molecule has 0 saturated heterocycles. The highest BCUT2D eigenvalue weighted by molar-refractivity contribution is 7.89. The van der Waals surface area contributed by atoms with Crippen LogP contribution in [0.25, 0.3) is 10.9 Å². The smallest absolute Gasteiger partial charge is 0.346 e. The van der Waals surface area contributed by atoms with Crippen LogP contribution in [0.4, 0.5) is 5.82 Å². The number of hydrogen-bond donors (Lipinski definition) is 5. The molecule has 2 atom stereocenters. The summed E-state index contributed by atoms with van der Waals surface area (Å²) >= 11 is 0. The third-order valence-corrected chi connectivity index (χ3v) is 10.2. The van der Waals surface area contributed by atoms with E-state index in [-0.39, 0.29) is 23.3 Å². The number of H-pyrrole nitrogens is 1. The molecule has 1 unspecified atom stereocenters. The van der Waals surface area contributed by atoms with Gasteiger partial charge < -0.3 is 15.7 Å². The largest absolute Gasteiger partial charge is 0.478 e. The molecule has 12 heteroatoms. The van der Waals surface area contributed by atoms with E-state index in [2.05, 4.69) is 30.5 Å². The monoisotopic (exact) mass is 668 g/mol. The molecular weight excluding hydrogens is 628 g/mol. The first kappa shape index (κ1) is 34.3. The van der Waals surface area contributed by atoms with E-state index in [0.29, 0.717) is 47.2 Å². The van der Waals surface area contributed by atoms with Gasteiger partial charge in [0, 0.05) is 29.6 Å². The number of nitrogens with one attached hydrogen (secondary N) is 4. The second kappa shape index (κ2) is 14.8. The standard InChI is InChI=1S/C36H40N6O5S/c1-24-20-25(2)33(26(3)21-24)48(46,47)42-36(35(44)45,40-34(43)28-15-17-31-29(22-28)23-39-41-31)30(16-14-27-10-5-4-6-11-27)12-9-19-38-32-13-7-8-18-37-32/h4-8,10-11,13,15,17-18,20-23,30,42H,9,12,14,16,19H2,1-3H3,(H,37,38)(H,39,41)(H,40,43)(H,44,45)/t30?,36-/m0/s1. The van der Waals surface area contributed by atoms with Crippen LogP contribution in [0.2, 0.25) is 0 Å². The van der Waals surface area contributed by atoms with Gasteiger partial charge in [-0.15, -0.1) is 0 Å². The van der Waals surface area contributed by atoms with Gasteiger partial charge in [-0.3, -0.25) is 9.89 Å². The normalized spacial score (nSPS) is 13.5. The summed E-state index contributed by atoms with van der Waals surface area (Å²) < 4.78 is 31.1. The lowest BCUT2D eigenvalue weighted by Crippen LogP contribution is -2.69. The van der Waals surface area contributed by atoms with E-state index in [1.807, 2.05) is 55.5 Å². The molecule has 2 heterocycles. The Kier molecular flexibility index (Phi) is 10.6. The first-order chi connectivity index (χ1) is 23.0. The molecule has 5 rings (SSSR count). The summed E-state index contributed by atoms with van der Waals surface area (Å²) in [5, 5.41) is 24.5. The van der Waals surface area contributed by atoms with E-state index in [9.17, 15) is 23.1 Å². The Morgan fingerprint density at radius 1 is 0.938 bits per heavy atom. The molecule has 48 heavy (non-hydrogen) atoms. The number of pyridine rings is 1. The average molecular weight is 669 g/mol. The Morgan fingerprint density at radius 3 is 2.35 bits per heavy atom. The number of aromatic amines is 1. The molecule has 2 aromatic heterocycles. The number of aliphatic carboxylic acids is 1. The molecular formula is C36H40N6O5S. The van der Waals surface area contributed by atoms with E-state index in [1.54, 1.807) is 56.6 Å². The number of carboxylic acid groups (broad SMARTS) is 1. The number of rotatable bonds is 15. The molecule has 0 radical (unpaired) electrons. The van der Waals surface area contributed by atoms with Gasteiger partial charge in [-0.1, -0.05) is 54.1 Å². The highest BCUT2D eigenvalue weighted by Gasteiger charge is 2.50. The van der Waals surface area contributed by atoms with E-state index >= 15 is 0 Å². The molecule has 0 aliphatic carbocycles. The van der Waals surface area contributed by atoms with Crippen molar-refractivity contribution in [2.45, 2.75) is 57.0 Å². The minimum Gasteiger partial charge on any atom is -0.478 e. The molecule has 11 nitrogen and oxygen atoms in total. The topological polar surface area (TPSA) is 166 Å². The molecule has 250 valence electrons. The summed E-state index contributed by atoms with van der Waals surface area (Å²) in [6.45, 7) is 5.65. The summed E-state index contributed by atoms with van der Waals surface area (Å²) in [7, 11) is -4.48. The Morgan fingerprint density at radius 2 is 1.67 bits per heavy atom. The van der Waals surface area contributed by atoms with Gasteiger partial charge in [0.05, 0.1) is 16.6 Å². The van der Waals surface area contributed by atoms with Crippen LogP contribution < -0.4 is 15.4 Å². The van der Waals surface area contributed by atoms with Crippen molar-refractivity contribution in [2.75, 3.05) is 11.9 Å². The number of carboxylic acids is 1.